The maximum Gasteiger partial charge on any atom is 0.150 e. The van der Waals surface area contributed by atoms with E-state index >= 15 is 0 Å². The molecule has 0 aromatic carbocycles. The molecule has 80 valence electrons. The second-order valence-corrected chi connectivity index (χ2v) is 6.74. The predicted octanol–water partition coefficient (Wildman–Crippen LogP) is 2.98. The highest BCUT2D eigenvalue weighted by molar-refractivity contribution is 8.07. The molecule has 1 saturated heterocycles. The molecule has 2 atom stereocenters. The van der Waals surface area contributed by atoms with Gasteiger partial charge in [-0.1, -0.05) is 13.3 Å². The first-order valence-corrected chi connectivity index (χ1v) is 7.69. The largest absolute Gasteiger partial charge is 0.298 e. The summed E-state index contributed by atoms with van der Waals surface area (Å²) in [6.45, 7) is 2.21. The third-order valence-electron chi connectivity index (χ3n) is 3.24. The first-order chi connectivity index (χ1) is 6.83. The van der Waals surface area contributed by atoms with E-state index in [4.69, 9.17) is 0 Å². The van der Waals surface area contributed by atoms with Gasteiger partial charge in [-0.25, -0.2) is 0 Å². The SMILES string of the molecule is CCC1SCCSC1C(=O)C1CCC1. The molecule has 2 fully saturated rings. The molecule has 0 spiro atoms. The van der Waals surface area contributed by atoms with Crippen LogP contribution in [0.4, 0.5) is 0 Å². The molecular formula is C11H18OS2. The highest BCUT2D eigenvalue weighted by Crippen LogP contribution is 2.38. The standard InChI is InChI=1S/C11H18OS2/c1-2-9-11(14-7-6-13-9)10(12)8-4-3-5-8/h8-9,11H,2-7H2,1H3. The smallest absolute Gasteiger partial charge is 0.150 e. The lowest BCUT2D eigenvalue weighted by molar-refractivity contribution is -0.124. The minimum absolute atomic E-state index is 0.323. The lowest BCUT2D eigenvalue weighted by atomic mass is 9.80. The van der Waals surface area contributed by atoms with Gasteiger partial charge in [0, 0.05) is 22.7 Å². The molecule has 1 heterocycles. The summed E-state index contributed by atoms with van der Waals surface area (Å²) in [7, 11) is 0. The van der Waals surface area contributed by atoms with Crippen molar-refractivity contribution in [3.63, 3.8) is 0 Å². The van der Waals surface area contributed by atoms with E-state index in [1.165, 1.54) is 17.9 Å². The lowest BCUT2D eigenvalue weighted by Crippen LogP contribution is -2.38. The van der Waals surface area contributed by atoms with Crippen LogP contribution in [-0.2, 0) is 4.79 Å². The molecule has 0 bridgehead atoms. The number of carbonyl (C=O) groups is 1. The fraction of sp³-hybridized carbons (Fsp3) is 0.909. The summed E-state index contributed by atoms with van der Waals surface area (Å²) < 4.78 is 0. The summed E-state index contributed by atoms with van der Waals surface area (Å²) in [4.78, 5) is 12.1. The summed E-state index contributed by atoms with van der Waals surface area (Å²) in [6, 6.07) is 0. The van der Waals surface area contributed by atoms with E-state index in [-0.39, 0.29) is 0 Å². The van der Waals surface area contributed by atoms with Crippen LogP contribution in [0.1, 0.15) is 32.6 Å². The molecule has 3 heteroatoms. The molecular weight excluding hydrogens is 212 g/mol. The molecule has 0 aromatic heterocycles. The maximum atomic E-state index is 12.1. The van der Waals surface area contributed by atoms with Crippen molar-refractivity contribution in [3.05, 3.63) is 0 Å². The Morgan fingerprint density at radius 3 is 2.57 bits per heavy atom. The molecule has 0 radical (unpaired) electrons. The van der Waals surface area contributed by atoms with Crippen LogP contribution in [0.3, 0.4) is 0 Å². The number of hydrogen-bond donors (Lipinski definition) is 0. The second-order valence-electron chi connectivity index (χ2n) is 4.14. The normalized spacial score (nSPS) is 33.8. The van der Waals surface area contributed by atoms with E-state index in [0.717, 1.165) is 19.3 Å². The number of thioether (sulfide) groups is 2. The monoisotopic (exact) mass is 230 g/mol. The van der Waals surface area contributed by atoms with E-state index in [2.05, 4.69) is 6.92 Å². The van der Waals surface area contributed by atoms with Crippen molar-refractivity contribution in [2.75, 3.05) is 11.5 Å². The van der Waals surface area contributed by atoms with Crippen LogP contribution >= 0.6 is 23.5 Å². The topological polar surface area (TPSA) is 17.1 Å². The fourth-order valence-electron chi connectivity index (χ4n) is 2.09. The minimum Gasteiger partial charge on any atom is -0.298 e. The van der Waals surface area contributed by atoms with Gasteiger partial charge in [-0.2, -0.15) is 11.8 Å². The molecule has 0 aromatic rings. The lowest BCUT2D eigenvalue weighted by Gasteiger charge is -2.34. The molecule has 2 rings (SSSR count). The van der Waals surface area contributed by atoms with Crippen LogP contribution in [0.5, 0.6) is 0 Å². The second kappa shape index (κ2) is 4.93. The summed E-state index contributed by atoms with van der Waals surface area (Å²) >= 11 is 3.92. The van der Waals surface area contributed by atoms with Gasteiger partial charge in [0.15, 0.2) is 0 Å². The van der Waals surface area contributed by atoms with Crippen LogP contribution in [0.15, 0.2) is 0 Å². The Hall–Kier alpha value is 0.370. The van der Waals surface area contributed by atoms with Crippen LogP contribution in [0, 0.1) is 5.92 Å². The highest BCUT2D eigenvalue weighted by atomic mass is 32.2. The van der Waals surface area contributed by atoms with Crippen LogP contribution in [0.2, 0.25) is 0 Å². The Morgan fingerprint density at radius 1 is 1.29 bits per heavy atom. The van der Waals surface area contributed by atoms with Crippen molar-refractivity contribution in [2.24, 2.45) is 5.92 Å². The number of ketones is 1. The zero-order valence-corrected chi connectivity index (χ0v) is 10.3. The van der Waals surface area contributed by atoms with Crippen molar-refractivity contribution >= 4 is 29.3 Å². The van der Waals surface area contributed by atoms with Crippen LogP contribution < -0.4 is 0 Å². The van der Waals surface area contributed by atoms with E-state index < -0.39 is 0 Å². The Labute approximate surface area is 94.8 Å². The van der Waals surface area contributed by atoms with Crippen molar-refractivity contribution in [2.45, 2.75) is 43.1 Å². The molecule has 0 amide bonds. The average Bonchev–Trinajstić information content (AvgIpc) is 2.15. The van der Waals surface area contributed by atoms with Crippen molar-refractivity contribution in [1.29, 1.82) is 0 Å². The Bertz CT molecular complexity index is 213. The first-order valence-electron chi connectivity index (χ1n) is 5.60. The van der Waals surface area contributed by atoms with Crippen molar-refractivity contribution in [1.82, 2.24) is 0 Å². The molecule has 1 aliphatic heterocycles. The quantitative estimate of drug-likeness (QED) is 0.742. The van der Waals surface area contributed by atoms with E-state index in [1.54, 1.807) is 0 Å². The zero-order chi connectivity index (χ0) is 9.97. The Balaban J connectivity index is 1.95. The number of rotatable bonds is 3. The van der Waals surface area contributed by atoms with Gasteiger partial charge in [-0.05, 0) is 19.3 Å². The fourth-order valence-corrected chi connectivity index (χ4v) is 5.20. The summed E-state index contributed by atoms with van der Waals surface area (Å²) in [5.41, 5.74) is 0. The summed E-state index contributed by atoms with van der Waals surface area (Å²) in [5.74, 6) is 3.41. The number of carbonyl (C=O) groups excluding carboxylic acids is 1. The molecule has 1 aliphatic carbocycles. The highest BCUT2D eigenvalue weighted by Gasteiger charge is 2.36. The van der Waals surface area contributed by atoms with E-state index in [9.17, 15) is 4.79 Å². The van der Waals surface area contributed by atoms with Gasteiger partial charge in [-0.3, -0.25) is 4.79 Å². The van der Waals surface area contributed by atoms with Crippen LogP contribution in [0.25, 0.3) is 0 Å². The first kappa shape index (κ1) is 10.9. The Kier molecular flexibility index (Phi) is 3.83. The molecule has 0 N–H and O–H groups in total. The molecule has 1 saturated carbocycles. The minimum atomic E-state index is 0.323. The third kappa shape index (κ3) is 2.13. The summed E-state index contributed by atoms with van der Waals surface area (Å²) in [5, 5.41) is 0.922. The Morgan fingerprint density at radius 2 is 2.00 bits per heavy atom. The van der Waals surface area contributed by atoms with Gasteiger partial charge in [-0.15, -0.1) is 11.8 Å². The van der Waals surface area contributed by atoms with Gasteiger partial charge < -0.3 is 0 Å². The molecule has 14 heavy (non-hydrogen) atoms. The number of Topliss-reactive ketones (excluding diaryl/α,β-unsaturated/α-hetero) is 1. The van der Waals surface area contributed by atoms with Gasteiger partial charge in [0.1, 0.15) is 5.78 Å². The van der Waals surface area contributed by atoms with Crippen LogP contribution in [-0.4, -0.2) is 27.8 Å². The van der Waals surface area contributed by atoms with E-state index in [1.807, 2.05) is 23.5 Å². The van der Waals surface area contributed by atoms with Gasteiger partial charge >= 0.3 is 0 Å². The van der Waals surface area contributed by atoms with Crippen molar-refractivity contribution < 1.29 is 4.79 Å². The van der Waals surface area contributed by atoms with Gasteiger partial charge in [0.25, 0.3) is 0 Å². The summed E-state index contributed by atoms with van der Waals surface area (Å²) in [6.07, 6.45) is 4.76. The predicted molar refractivity (Wildman–Crippen MR) is 65.1 cm³/mol. The van der Waals surface area contributed by atoms with Crippen molar-refractivity contribution in [3.8, 4) is 0 Å². The number of hydrogen-bond acceptors (Lipinski definition) is 3. The zero-order valence-electron chi connectivity index (χ0n) is 8.70. The van der Waals surface area contributed by atoms with E-state index in [0.29, 0.717) is 22.2 Å². The van der Waals surface area contributed by atoms with Gasteiger partial charge in [0.2, 0.25) is 0 Å². The van der Waals surface area contributed by atoms with Gasteiger partial charge in [0.05, 0.1) is 5.25 Å². The third-order valence-corrected chi connectivity index (χ3v) is 6.50. The molecule has 2 aliphatic rings. The molecule has 1 nitrogen and oxygen atoms in total. The average molecular weight is 230 g/mol. The molecule has 2 unspecified atom stereocenters. The maximum absolute atomic E-state index is 12.1.